The van der Waals surface area contributed by atoms with Gasteiger partial charge in [0, 0.05) is 11.3 Å². The van der Waals surface area contributed by atoms with Crippen LogP contribution in [0.25, 0.3) is 16.8 Å². The van der Waals surface area contributed by atoms with Crippen LogP contribution in [0.15, 0.2) is 54.6 Å². The second-order valence-electron chi connectivity index (χ2n) is 5.44. The number of hydrogen-bond donors (Lipinski definition) is 1. The predicted molar refractivity (Wildman–Crippen MR) is 86.3 cm³/mol. The molecule has 3 rings (SSSR count). The van der Waals surface area contributed by atoms with Crippen molar-refractivity contribution < 1.29 is 23.0 Å². The summed E-state index contributed by atoms with van der Waals surface area (Å²) in [5, 5.41) is 13.5. The SMILES string of the molecule is Cc1cc(CO)nn1-c1cccc(-c2ccccc2OC(F)(F)F)c1. The van der Waals surface area contributed by atoms with E-state index >= 15 is 0 Å². The topological polar surface area (TPSA) is 47.3 Å². The molecule has 0 bridgehead atoms. The zero-order valence-electron chi connectivity index (χ0n) is 13.3. The average molecular weight is 348 g/mol. The standard InChI is InChI=1S/C18H15F3N2O2/c1-12-9-14(11-24)22-23(12)15-6-4-5-13(10-15)16-7-2-3-8-17(16)25-18(19,20)21/h2-10,24H,11H2,1H3. The minimum absolute atomic E-state index is 0.185. The lowest BCUT2D eigenvalue weighted by Gasteiger charge is -2.14. The fraction of sp³-hybridized carbons (Fsp3) is 0.167. The number of aryl methyl sites for hydroxylation is 1. The molecule has 0 aliphatic carbocycles. The van der Waals surface area contributed by atoms with Gasteiger partial charge in [-0.3, -0.25) is 0 Å². The summed E-state index contributed by atoms with van der Waals surface area (Å²) in [7, 11) is 0. The molecule has 1 aromatic heterocycles. The molecule has 0 amide bonds. The van der Waals surface area contributed by atoms with Crippen molar-refractivity contribution in [2.45, 2.75) is 19.9 Å². The van der Waals surface area contributed by atoms with E-state index < -0.39 is 6.36 Å². The third-order valence-electron chi connectivity index (χ3n) is 3.61. The van der Waals surface area contributed by atoms with Crippen molar-refractivity contribution in [2.24, 2.45) is 0 Å². The highest BCUT2D eigenvalue weighted by Gasteiger charge is 2.32. The van der Waals surface area contributed by atoms with Gasteiger partial charge in [0.05, 0.1) is 18.0 Å². The molecule has 130 valence electrons. The number of aromatic nitrogens is 2. The normalized spacial score (nSPS) is 11.6. The van der Waals surface area contributed by atoms with Crippen LogP contribution in [0.1, 0.15) is 11.4 Å². The van der Waals surface area contributed by atoms with E-state index in [1.807, 2.05) is 6.92 Å². The number of benzene rings is 2. The Hall–Kier alpha value is -2.80. The van der Waals surface area contributed by atoms with Gasteiger partial charge >= 0.3 is 6.36 Å². The summed E-state index contributed by atoms with van der Waals surface area (Å²) in [5.41, 5.74) is 2.90. The molecular weight excluding hydrogens is 333 g/mol. The van der Waals surface area contributed by atoms with Gasteiger partial charge in [0.25, 0.3) is 0 Å². The predicted octanol–water partition coefficient (Wildman–Crippen LogP) is 4.24. The first-order valence-electron chi connectivity index (χ1n) is 7.49. The Morgan fingerprint density at radius 2 is 1.84 bits per heavy atom. The maximum atomic E-state index is 12.6. The molecule has 7 heteroatoms. The summed E-state index contributed by atoms with van der Waals surface area (Å²) in [4.78, 5) is 0. The van der Waals surface area contributed by atoms with Crippen LogP contribution in [-0.4, -0.2) is 21.2 Å². The van der Waals surface area contributed by atoms with Crippen LogP contribution in [0.5, 0.6) is 5.75 Å². The van der Waals surface area contributed by atoms with Crippen LogP contribution in [-0.2, 0) is 6.61 Å². The highest BCUT2D eigenvalue weighted by atomic mass is 19.4. The summed E-state index contributed by atoms with van der Waals surface area (Å²) >= 11 is 0. The van der Waals surface area contributed by atoms with E-state index in [2.05, 4.69) is 9.84 Å². The number of aliphatic hydroxyl groups excluding tert-OH is 1. The Morgan fingerprint density at radius 3 is 2.52 bits per heavy atom. The number of alkyl halides is 3. The minimum Gasteiger partial charge on any atom is -0.405 e. The fourth-order valence-corrected chi connectivity index (χ4v) is 2.60. The number of hydrogen-bond acceptors (Lipinski definition) is 3. The lowest BCUT2D eigenvalue weighted by Crippen LogP contribution is -2.17. The van der Waals surface area contributed by atoms with Crippen LogP contribution < -0.4 is 4.74 Å². The number of nitrogens with zero attached hydrogens (tertiary/aromatic N) is 2. The van der Waals surface area contributed by atoms with Crippen LogP contribution in [0.2, 0.25) is 0 Å². The molecule has 0 aliphatic heterocycles. The molecule has 0 aliphatic rings. The molecule has 0 saturated carbocycles. The summed E-state index contributed by atoms with van der Waals surface area (Å²) in [5.74, 6) is -0.264. The van der Waals surface area contributed by atoms with Crippen molar-refractivity contribution in [1.82, 2.24) is 9.78 Å². The second-order valence-corrected chi connectivity index (χ2v) is 5.44. The highest BCUT2D eigenvalue weighted by molar-refractivity contribution is 5.72. The molecule has 4 nitrogen and oxygen atoms in total. The molecule has 1 heterocycles. The van der Waals surface area contributed by atoms with Gasteiger partial charge in [0.15, 0.2) is 0 Å². The van der Waals surface area contributed by atoms with Gasteiger partial charge in [-0.05, 0) is 36.8 Å². The first-order chi connectivity index (χ1) is 11.9. The summed E-state index contributed by atoms with van der Waals surface area (Å²) < 4.78 is 43.6. The van der Waals surface area contributed by atoms with Crippen molar-refractivity contribution in [2.75, 3.05) is 0 Å². The third kappa shape index (κ3) is 3.83. The van der Waals surface area contributed by atoms with Crippen molar-refractivity contribution in [1.29, 1.82) is 0 Å². The van der Waals surface area contributed by atoms with Crippen molar-refractivity contribution in [3.05, 3.63) is 66.0 Å². The Kier molecular flexibility index (Phi) is 4.50. The van der Waals surface area contributed by atoms with E-state index in [4.69, 9.17) is 0 Å². The van der Waals surface area contributed by atoms with Gasteiger partial charge < -0.3 is 9.84 Å². The highest BCUT2D eigenvalue weighted by Crippen LogP contribution is 2.34. The van der Waals surface area contributed by atoms with Crippen LogP contribution in [0, 0.1) is 6.92 Å². The number of halogens is 3. The molecule has 0 unspecified atom stereocenters. The number of ether oxygens (including phenoxy) is 1. The minimum atomic E-state index is -4.76. The first kappa shape index (κ1) is 17.0. The van der Waals surface area contributed by atoms with E-state index in [9.17, 15) is 18.3 Å². The maximum absolute atomic E-state index is 12.6. The molecule has 2 aromatic carbocycles. The molecule has 0 spiro atoms. The zero-order chi connectivity index (χ0) is 18.0. The molecular formula is C18H15F3N2O2. The molecule has 1 N–H and O–H groups in total. The maximum Gasteiger partial charge on any atom is 0.573 e. The monoisotopic (exact) mass is 348 g/mol. The largest absolute Gasteiger partial charge is 0.573 e. The zero-order valence-corrected chi connectivity index (χ0v) is 13.3. The molecule has 0 saturated heterocycles. The lowest BCUT2D eigenvalue weighted by atomic mass is 10.0. The van der Waals surface area contributed by atoms with Crippen molar-refractivity contribution in [3.8, 4) is 22.6 Å². The van der Waals surface area contributed by atoms with Gasteiger partial charge in [0.1, 0.15) is 5.75 Å². The Labute approximate surface area is 142 Å². The van der Waals surface area contributed by atoms with E-state index in [1.54, 1.807) is 47.1 Å². The first-order valence-corrected chi connectivity index (χ1v) is 7.49. The van der Waals surface area contributed by atoms with Crippen LogP contribution >= 0.6 is 0 Å². The van der Waals surface area contributed by atoms with Crippen LogP contribution in [0.4, 0.5) is 13.2 Å². The van der Waals surface area contributed by atoms with E-state index in [0.717, 1.165) is 5.69 Å². The summed E-state index contributed by atoms with van der Waals surface area (Å²) in [6.07, 6.45) is -4.76. The summed E-state index contributed by atoms with van der Waals surface area (Å²) in [6.45, 7) is 1.65. The van der Waals surface area contributed by atoms with Gasteiger partial charge in [0.2, 0.25) is 0 Å². The molecule has 25 heavy (non-hydrogen) atoms. The lowest BCUT2D eigenvalue weighted by molar-refractivity contribution is -0.274. The number of aliphatic hydroxyl groups is 1. The number of para-hydroxylation sites is 1. The Balaban J connectivity index is 2.04. The van der Waals surface area contributed by atoms with E-state index in [0.29, 0.717) is 22.5 Å². The molecule has 0 radical (unpaired) electrons. The summed E-state index contributed by atoms with van der Waals surface area (Å²) in [6, 6.07) is 14.7. The third-order valence-corrected chi connectivity index (χ3v) is 3.61. The Bertz CT molecular complexity index is 888. The van der Waals surface area contributed by atoms with Gasteiger partial charge in [-0.1, -0.05) is 30.3 Å². The Morgan fingerprint density at radius 1 is 1.08 bits per heavy atom. The fourth-order valence-electron chi connectivity index (χ4n) is 2.60. The molecule has 0 atom stereocenters. The van der Waals surface area contributed by atoms with Crippen molar-refractivity contribution >= 4 is 0 Å². The smallest absolute Gasteiger partial charge is 0.405 e. The van der Waals surface area contributed by atoms with Gasteiger partial charge in [-0.2, -0.15) is 5.10 Å². The quantitative estimate of drug-likeness (QED) is 0.767. The van der Waals surface area contributed by atoms with Gasteiger partial charge in [-0.15, -0.1) is 13.2 Å². The average Bonchev–Trinajstić information content (AvgIpc) is 2.95. The molecule has 0 fully saturated rings. The second kappa shape index (κ2) is 6.60. The van der Waals surface area contributed by atoms with Crippen molar-refractivity contribution in [3.63, 3.8) is 0 Å². The van der Waals surface area contributed by atoms with E-state index in [-0.39, 0.29) is 12.4 Å². The molecule has 3 aromatic rings. The van der Waals surface area contributed by atoms with Crippen LogP contribution in [0.3, 0.4) is 0 Å². The van der Waals surface area contributed by atoms with E-state index in [1.165, 1.54) is 12.1 Å². The van der Waals surface area contributed by atoms with Gasteiger partial charge in [-0.25, -0.2) is 4.68 Å². The number of rotatable bonds is 4.